The summed E-state index contributed by atoms with van der Waals surface area (Å²) in [5.41, 5.74) is 3.20. The quantitative estimate of drug-likeness (QED) is 0.393. The van der Waals surface area contributed by atoms with Crippen molar-refractivity contribution in [2.75, 3.05) is 13.7 Å². The van der Waals surface area contributed by atoms with Crippen molar-refractivity contribution in [3.63, 3.8) is 0 Å². The predicted molar refractivity (Wildman–Crippen MR) is 112 cm³/mol. The molecule has 2 aromatic carbocycles. The third-order valence-electron chi connectivity index (χ3n) is 5.07. The van der Waals surface area contributed by atoms with E-state index in [1.54, 1.807) is 12.1 Å². The van der Waals surface area contributed by atoms with Gasteiger partial charge in [-0.3, -0.25) is 9.59 Å². The van der Waals surface area contributed by atoms with Crippen molar-refractivity contribution in [2.45, 2.75) is 6.54 Å². The summed E-state index contributed by atoms with van der Waals surface area (Å²) in [4.78, 5) is 37.0. The molecule has 0 spiro atoms. The van der Waals surface area contributed by atoms with Crippen LogP contribution in [-0.2, 0) is 20.9 Å². The molecule has 3 aromatic rings. The largest absolute Gasteiger partial charge is 0.468 e. The molecule has 4 rings (SSSR count). The predicted octanol–water partition coefficient (Wildman–Crippen LogP) is 2.63. The number of methoxy groups -OCH3 is 1. The molecule has 8 heteroatoms. The molecule has 0 radical (unpaired) electrons. The number of imide groups is 1. The summed E-state index contributed by atoms with van der Waals surface area (Å²) in [5, 5.41) is 12.8. The highest BCUT2D eigenvalue weighted by Crippen LogP contribution is 2.26. The molecule has 1 N–H and O–H groups in total. The van der Waals surface area contributed by atoms with Gasteiger partial charge >= 0.3 is 12.0 Å². The summed E-state index contributed by atoms with van der Waals surface area (Å²) in [6.07, 6.45) is 3.46. The molecule has 154 valence electrons. The van der Waals surface area contributed by atoms with Gasteiger partial charge in [-0.15, -0.1) is 0 Å². The second-order valence-corrected chi connectivity index (χ2v) is 6.95. The summed E-state index contributed by atoms with van der Waals surface area (Å²) in [6, 6.07) is 16.6. The monoisotopic (exact) mass is 414 g/mol. The zero-order valence-corrected chi connectivity index (χ0v) is 16.7. The van der Waals surface area contributed by atoms with Crippen molar-refractivity contribution in [1.82, 2.24) is 14.8 Å². The normalized spacial score (nSPS) is 14.7. The van der Waals surface area contributed by atoms with Crippen molar-refractivity contribution in [1.29, 1.82) is 5.26 Å². The van der Waals surface area contributed by atoms with Crippen LogP contribution in [0, 0.1) is 11.3 Å². The molecular weight excluding hydrogens is 396 g/mol. The fourth-order valence-electron chi connectivity index (χ4n) is 3.54. The summed E-state index contributed by atoms with van der Waals surface area (Å²) >= 11 is 0. The first-order valence-electron chi connectivity index (χ1n) is 9.49. The Kier molecular flexibility index (Phi) is 5.24. The molecule has 1 aromatic heterocycles. The number of amides is 3. The number of hydrogen-bond donors (Lipinski definition) is 1. The van der Waals surface area contributed by atoms with Gasteiger partial charge in [-0.1, -0.05) is 36.4 Å². The van der Waals surface area contributed by atoms with E-state index in [1.165, 1.54) is 7.11 Å². The van der Waals surface area contributed by atoms with E-state index in [9.17, 15) is 19.6 Å². The number of carbonyl (C=O) groups is 3. The standard InChI is InChI=1S/C23H18N4O4/c1-31-21(28)14-27-22(29)19(25-23(27)30)10-17-13-26(20-9-5-4-8-18(17)20)12-16-7-3-2-6-15(16)11-24/h2-10,13H,12,14H2,1H3,(H,25,30). The Hall–Kier alpha value is -4.38. The number of fused-ring (bicyclic) bond motifs is 1. The number of benzene rings is 2. The Balaban J connectivity index is 1.71. The first kappa shape index (κ1) is 19.9. The fourth-order valence-corrected chi connectivity index (χ4v) is 3.54. The number of nitrogens with one attached hydrogen (secondary N) is 1. The van der Waals surface area contributed by atoms with Crippen molar-refractivity contribution in [3.05, 3.63) is 77.1 Å². The van der Waals surface area contributed by atoms with Gasteiger partial charge < -0.3 is 14.6 Å². The minimum Gasteiger partial charge on any atom is -0.468 e. The number of hydrogen-bond acceptors (Lipinski definition) is 5. The highest BCUT2D eigenvalue weighted by molar-refractivity contribution is 6.15. The molecule has 1 aliphatic heterocycles. The molecule has 0 bridgehead atoms. The number of urea groups is 1. The Labute approximate surface area is 177 Å². The van der Waals surface area contributed by atoms with Crippen LogP contribution in [0.25, 0.3) is 17.0 Å². The Morgan fingerprint density at radius 1 is 1.16 bits per heavy atom. The van der Waals surface area contributed by atoms with E-state index in [2.05, 4.69) is 16.1 Å². The molecule has 1 saturated heterocycles. The van der Waals surface area contributed by atoms with E-state index in [0.29, 0.717) is 12.1 Å². The SMILES string of the molecule is COC(=O)CN1C(=O)NC(=Cc2cn(Cc3ccccc3C#N)c3ccccc23)C1=O. The minimum atomic E-state index is -0.683. The minimum absolute atomic E-state index is 0.0780. The van der Waals surface area contributed by atoms with Gasteiger partial charge in [0.05, 0.1) is 18.7 Å². The number of nitrogens with zero attached hydrogens (tertiary/aromatic N) is 3. The van der Waals surface area contributed by atoms with E-state index in [1.807, 2.05) is 53.2 Å². The van der Waals surface area contributed by atoms with Gasteiger partial charge in [0.15, 0.2) is 0 Å². The Bertz CT molecular complexity index is 1280. The Morgan fingerprint density at radius 3 is 2.68 bits per heavy atom. The molecule has 1 aliphatic rings. The molecule has 8 nitrogen and oxygen atoms in total. The maximum atomic E-state index is 12.6. The second kappa shape index (κ2) is 8.16. The van der Waals surface area contributed by atoms with Crippen LogP contribution in [0.2, 0.25) is 0 Å². The van der Waals surface area contributed by atoms with Crippen LogP contribution >= 0.6 is 0 Å². The number of para-hydroxylation sites is 1. The lowest BCUT2D eigenvalue weighted by Gasteiger charge is -2.08. The van der Waals surface area contributed by atoms with Crippen molar-refractivity contribution >= 4 is 34.9 Å². The van der Waals surface area contributed by atoms with Gasteiger partial charge in [-0.05, 0) is 23.8 Å². The average molecular weight is 414 g/mol. The van der Waals surface area contributed by atoms with Crippen LogP contribution in [-0.4, -0.2) is 41.0 Å². The van der Waals surface area contributed by atoms with Gasteiger partial charge in [0.1, 0.15) is 12.2 Å². The van der Waals surface area contributed by atoms with Crippen LogP contribution in [0.1, 0.15) is 16.7 Å². The lowest BCUT2D eigenvalue weighted by atomic mass is 10.1. The van der Waals surface area contributed by atoms with E-state index < -0.39 is 24.5 Å². The zero-order chi connectivity index (χ0) is 22.0. The highest BCUT2D eigenvalue weighted by Gasteiger charge is 2.35. The first-order chi connectivity index (χ1) is 15.0. The lowest BCUT2D eigenvalue weighted by Crippen LogP contribution is -2.36. The van der Waals surface area contributed by atoms with E-state index in [4.69, 9.17) is 0 Å². The highest BCUT2D eigenvalue weighted by atomic mass is 16.5. The van der Waals surface area contributed by atoms with Crippen molar-refractivity contribution < 1.29 is 19.1 Å². The summed E-state index contributed by atoms with van der Waals surface area (Å²) in [6.45, 7) is 0.0212. The van der Waals surface area contributed by atoms with Gasteiger partial charge in [0, 0.05) is 29.2 Å². The van der Waals surface area contributed by atoms with E-state index >= 15 is 0 Å². The summed E-state index contributed by atoms with van der Waals surface area (Å²) in [5.74, 6) is -1.28. The second-order valence-electron chi connectivity index (χ2n) is 6.95. The Morgan fingerprint density at radius 2 is 1.90 bits per heavy atom. The summed E-state index contributed by atoms with van der Waals surface area (Å²) in [7, 11) is 1.19. The van der Waals surface area contributed by atoms with Crippen LogP contribution < -0.4 is 5.32 Å². The molecule has 2 heterocycles. The number of carbonyl (C=O) groups excluding carboxylic acids is 3. The van der Waals surface area contributed by atoms with Crippen LogP contribution in [0.15, 0.2) is 60.4 Å². The van der Waals surface area contributed by atoms with Crippen LogP contribution in [0.5, 0.6) is 0 Å². The fraction of sp³-hybridized carbons (Fsp3) is 0.130. The maximum Gasteiger partial charge on any atom is 0.329 e. The van der Waals surface area contributed by atoms with Gasteiger partial charge in [0.2, 0.25) is 0 Å². The first-order valence-corrected chi connectivity index (χ1v) is 9.49. The molecule has 1 fully saturated rings. The molecule has 0 atom stereocenters. The topological polar surface area (TPSA) is 104 Å². The molecular formula is C23H18N4O4. The van der Waals surface area contributed by atoms with Gasteiger partial charge in [0.25, 0.3) is 5.91 Å². The number of nitriles is 1. The van der Waals surface area contributed by atoms with Crippen molar-refractivity contribution in [3.8, 4) is 6.07 Å². The molecule has 3 amide bonds. The number of aromatic nitrogens is 1. The van der Waals surface area contributed by atoms with Gasteiger partial charge in [-0.2, -0.15) is 5.26 Å². The molecule has 0 aliphatic carbocycles. The van der Waals surface area contributed by atoms with Crippen molar-refractivity contribution in [2.24, 2.45) is 0 Å². The molecule has 0 unspecified atom stereocenters. The lowest BCUT2D eigenvalue weighted by molar-refractivity contribution is -0.143. The third kappa shape index (κ3) is 3.76. The van der Waals surface area contributed by atoms with Crippen LogP contribution in [0.4, 0.5) is 4.79 Å². The zero-order valence-electron chi connectivity index (χ0n) is 16.7. The maximum absolute atomic E-state index is 12.6. The average Bonchev–Trinajstić information content (AvgIpc) is 3.26. The number of rotatable bonds is 5. The summed E-state index contributed by atoms with van der Waals surface area (Å²) < 4.78 is 6.53. The van der Waals surface area contributed by atoms with E-state index in [-0.39, 0.29) is 5.70 Å². The van der Waals surface area contributed by atoms with Crippen LogP contribution in [0.3, 0.4) is 0 Å². The third-order valence-corrected chi connectivity index (χ3v) is 5.07. The smallest absolute Gasteiger partial charge is 0.329 e. The van der Waals surface area contributed by atoms with Gasteiger partial charge in [-0.25, -0.2) is 9.69 Å². The number of ether oxygens (including phenoxy) is 1. The molecule has 31 heavy (non-hydrogen) atoms. The molecule has 0 saturated carbocycles. The number of esters is 1. The van der Waals surface area contributed by atoms with E-state index in [0.717, 1.165) is 26.9 Å².